The normalized spacial score (nSPS) is 25.1. The first-order chi connectivity index (χ1) is 13.4. The zero-order chi connectivity index (χ0) is 19.5. The van der Waals surface area contributed by atoms with Crippen LogP contribution in [0.3, 0.4) is 0 Å². The van der Waals surface area contributed by atoms with Gasteiger partial charge in [0.1, 0.15) is 11.2 Å². The van der Waals surface area contributed by atoms with E-state index in [9.17, 15) is 13.6 Å². The number of alkyl halides is 2. The summed E-state index contributed by atoms with van der Waals surface area (Å²) in [6.07, 6.45) is 3.50. The molecule has 0 saturated heterocycles. The van der Waals surface area contributed by atoms with Gasteiger partial charge in [-0.2, -0.15) is 10.1 Å². The van der Waals surface area contributed by atoms with E-state index in [1.165, 1.54) is 6.20 Å². The van der Waals surface area contributed by atoms with Gasteiger partial charge in [0.05, 0.1) is 12.2 Å². The second-order valence-corrected chi connectivity index (χ2v) is 7.83. The summed E-state index contributed by atoms with van der Waals surface area (Å²) in [5, 5.41) is 8.52. The van der Waals surface area contributed by atoms with Crippen LogP contribution in [-0.4, -0.2) is 35.8 Å². The van der Waals surface area contributed by atoms with Crippen LogP contribution in [0.4, 0.5) is 8.78 Å². The molecule has 0 bridgehead atoms. The zero-order valence-corrected chi connectivity index (χ0v) is 15.4. The number of hydrogen-bond acceptors (Lipinski definition) is 6. The Hall–Kier alpha value is -2.65. The first-order valence-electron chi connectivity index (χ1n) is 9.57. The van der Waals surface area contributed by atoms with Crippen LogP contribution in [-0.2, 0) is 0 Å². The highest BCUT2D eigenvalue weighted by Gasteiger charge is 2.40. The van der Waals surface area contributed by atoms with Gasteiger partial charge < -0.3 is 9.51 Å². The van der Waals surface area contributed by atoms with Gasteiger partial charge >= 0.3 is 0 Å². The maximum atomic E-state index is 13.5. The van der Waals surface area contributed by atoms with Crippen LogP contribution in [0, 0.1) is 6.92 Å². The van der Waals surface area contributed by atoms with Crippen molar-refractivity contribution >= 4 is 11.0 Å². The lowest BCUT2D eigenvalue weighted by molar-refractivity contribution is -0.0446. The Labute approximate surface area is 158 Å². The standard InChI is InChI=1S/C18H20F2N6O2/c1-9-22-17(28-25-9)12-3-2-11(12)14-23-15-13(16(27)24-14)8-21-26(15)10-4-6-18(19,20)7-5-10/h8,10-12H,2-7H2,1H3,(H,23,24,27)/t11-,12+/m0/s1. The lowest BCUT2D eigenvalue weighted by Gasteiger charge is -2.33. The summed E-state index contributed by atoms with van der Waals surface area (Å²) in [5.41, 5.74) is 0.195. The number of nitrogens with one attached hydrogen (secondary N) is 1. The summed E-state index contributed by atoms with van der Waals surface area (Å²) >= 11 is 0. The average molecular weight is 390 g/mol. The molecular formula is C18H20F2N6O2. The first-order valence-corrected chi connectivity index (χ1v) is 9.57. The summed E-state index contributed by atoms with van der Waals surface area (Å²) in [4.78, 5) is 24.4. The molecule has 10 heteroatoms. The van der Waals surface area contributed by atoms with Gasteiger partial charge in [-0.05, 0) is 32.6 Å². The smallest absolute Gasteiger partial charge is 0.262 e. The fourth-order valence-corrected chi connectivity index (χ4v) is 4.25. The Morgan fingerprint density at radius 2 is 1.93 bits per heavy atom. The monoisotopic (exact) mass is 390 g/mol. The predicted octanol–water partition coefficient (Wildman–Crippen LogP) is 3.22. The Bertz CT molecular complexity index is 1080. The Morgan fingerprint density at radius 3 is 2.57 bits per heavy atom. The van der Waals surface area contributed by atoms with Crippen LogP contribution in [0.5, 0.6) is 0 Å². The van der Waals surface area contributed by atoms with Gasteiger partial charge in [0, 0.05) is 24.7 Å². The van der Waals surface area contributed by atoms with E-state index in [-0.39, 0.29) is 36.3 Å². The number of aromatic nitrogens is 6. The second kappa shape index (κ2) is 6.18. The summed E-state index contributed by atoms with van der Waals surface area (Å²) in [7, 11) is 0. The molecule has 0 radical (unpaired) electrons. The molecule has 2 aliphatic carbocycles. The molecule has 148 valence electrons. The molecule has 0 aliphatic heterocycles. The largest absolute Gasteiger partial charge is 0.339 e. The van der Waals surface area contributed by atoms with Crippen molar-refractivity contribution in [1.82, 2.24) is 29.9 Å². The molecule has 2 saturated carbocycles. The fraction of sp³-hybridized carbons (Fsp3) is 0.611. The van der Waals surface area contributed by atoms with E-state index < -0.39 is 5.92 Å². The van der Waals surface area contributed by atoms with E-state index >= 15 is 0 Å². The summed E-state index contributed by atoms with van der Waals surface area (Å²) in [6.45, 7) is 1.76. The third-order valence-corrected chi connectivity index (χ3v) is 6.00. The van der Waals surface area contributed by atoms with E-state index in [4.69, 9.17) is 4.52 Å². The molecule has 0 amide bonds. The minimum absolute atomic E-state index is 0.0176. The van der Waals surface area contributed by atoms with Crippen molar-refractivity contribution in [3.05, 3.63) is 34.1 Å². The second-order valence-electron chi connectivity index (χ2n) is 7.83. The Morgan fingerprint density at radius 1 is 1.18 bits per heavy atom. The van der Waals surface area contributed by atoms with Crippen molar-refractivity contribution in [2.45, 2.75) is 69.2 Å². The average Bonchev–Trinajstić information content (AvgIpc) is 3.21. The molecular weight excluding hydrogens is 370 g/mol. The molecule has 3 aromatic heterocycles. The number of hydrogen-bond donors (Lipinski definition) is 1. The molecule has 2 aliphatic rings. The molecule has 2 fully saturated rings. The van der Waals surface area contributed by atoms with Gasteiger partial charge in [0.15, 0.2) is 11.5 Å². The summed E-state index contributed by atoms with van der Waals surface area (Å²) in [5.74, 6) is -0.920. The molecule has 0 aromatic carbocycles. The first kappa shape index (κ1) is 17.4. The highest BCUT2D eigenvalue weighted by Crippen LogP contribution is 2.47. The van der Waals surface area contributed by atoms with E-state index in [2.05, 4.69) is 25.2 Å². The lowest BCUT2D eigenvalue weighted by Crippen LogP contribution is -2.28. The number of aryl methyl sites for hydroxylation is 1. The minimum atomic E-state index is -2.61. The van der Waals surface area contributed by atoms with Crippen molar-refractivity contribution in [3.8, 4) is 0 Å². The maximum Gasteiger partial charge on any atom is 0.262 e. The van der Waals surface area contributed by atoms with Crippen molar-refractivity contribution in [2.75, 3.05) is 0 Å². The van der Waals surface area contributed by atoms with Crippen molar-refractivity contribution in [3.63, 3.8) is 0 Å². The highest BCUT2D eigenvalue weighted by molar-refractivity contribution is 5.73. The number of H-pyrrole nitrogens is 1. The molecule has 8 nitrogen and oxygen atoms in total. The molecule has 2 atom stereocenters. The summed E-state index contributed by atoms with van der Waals surface area (Å²) in [6, 6.07) is -0.171. The minimum Gasteiger partial charge on any atom is -0.339 e. The maximum absolute atomic E-state index is 13.5. The molecule has 1 N–H and O–H groups in total. The van der Waals surface area contributed by atoms with Crippen LogP contribution >= 0.6 is 0 Å². The molecule has 3 aromatic rings. The molecule has 0 spiro atoms. The van der Waals surface area contributed by atoms with Crippen LogP contribution < -0.4 is 5.56 Å². The Balaban J connectivity index is 1.49. The lowest BCUT2D eigenvalue weighted by atomic mass is 9.73. The van der Waals surface area contributed by atoms with Crippen molar-refractivity contribution in [2.24, 2.45) is 0 Å². The van der Waals surface area contributed by atoms with Crippen LogP contribution in [0.1, 0.15) is 73.9 Å². The third kappa shape index (κ3) is 2.82. The highest BCUT2D eigenvalue weighted by atomic mass is 19.3. The van der Waals surface area contributed by atoms with Gasteiger partial charge in [-0.1, -0.05) is 5.16 Å². The van der Waals surface area contributed by atoms with E-state index in [1.807, 2.05) is 0 Å². The van der Waals surface area contributed by atoms with E-state index in [0.717, 1.165) is 12.8 Å². The summed E-state index contributed by atoms with van der Waals surface area (Å²) < 4.78 is 34.0. The Kier molecular flexibility index (Phi) is 3.85. The zero-order valence-electron chi connectivity index (χ0n) is 15.4. The van der Waals surface area contributed by atoms with Crippen molar-refractivity contribution < 1.29 is 13.3 Å². The fourth-order valence-electron chi connectivity index (χ4n) is 4.25. The van der Waals surface area contributed by atoms with Gasteiger partial charge in [-0.15, -0.1) is 0 Å². The number of halogens is 2. The van der Waals surface area contributed by atoms with Crippen molar-refractivity contribution in [1.29, 1.82) is 0 Å². The molecule has 28 heavy (non-hydrogen) atoms. The number of nitrogens with zero attached hydrogens (tertiary/aromatic N) is 5. The number of fused-ring (bicyclic) bond motifs is 1. The van der Waals surface area contributed by atoms with Gasteiger partial charge in [-0.3, -0.25) is 4.79 Å². The van der Waals surface area contributed by atoms with E-state index in [0.29, 0.717) is 41.4 Å². The van der Waals surface area contributed by atoms with Gasteiger partial charge in [-0.25, -0.2) is 18.4 Å². The quantitative estimate of drug-likeness (QED) is 0.737. The third-order valence-electron chi connectivity index (χ3n) is 6.00. The van der Waals surface area contributed by atoms with Gasteiger partial charge in [0.2, 0.25) is 11.8 Å². The molecule has 3 heterocycles. The predicted molar refractivity (Wildman–Crippen MR) is 94.4 cm³/mol. The van der Waals surface area contributed by atoms with E-state index in [1.54, 1.807) is 11.6 Å². The van der Waals surface area contributed by atoms with Gasteiger partial charge in [0.25, 0.3) is 5.56 Å². The molecule has 5 rings (SSSR count). The van der Waals surface area contributed by atoms with Crippen LogP contribution in [0.15, 0.2) is 15.5 Å². The topological polar surface area (TPSA) is 102 Å². The van der Waals surface area contributed by atoms with Crippen LogP contribution in [0.2, 0.25) is 0 Å². The number of rotatable bonds is 3. The molecule has 0 unspecified atom stereocenters. The van der Waals surface area contributed by atoms with Crippen LogP contribution in [0.25, 0.3) is 11.0 Å². The SMILES string of the molecule is Cc1noc([C@@H]2CC[C@@H]2c2nc3c(cnn3C3CCC(F)(F)CC3)c(=O)[nH]2)n1. The number of aromatic amines is 1.